The van der Waals surface area contributed by atoms with Gasteiger partial charge < -0.3 is 14.6 Å². The molecule has 2 aromatic heterocycles. The van der Waals surface area contributed by atoms with Crippen LogP contribution in [0.25, 0.3) is 0 Å². The van der Waals surface area contributed by atoms with E-state index < -0.39 is 11.6 Å². The molecule has 0 unspecified atom stereocenters. The minimum Gasteiger partial charge on any atom is -0.467 e. The monoisotopic (exact) mass is 426 g/mol. The number of rotatable bonds is 8. The van der Waals surface area contributed by atoms with Gasteiger partial charge in [0.2, 0.25) is 5.91 Å². The van der Waals surface area contributed by atoms with Crippen LogP contribution >= 0.6 is 11.5 Å². The van der Waals surface area contributed by atoms with E-state index in [9.17, 15) is 9.59 Å². The second-order valence-electron chi connectivity index (χ2n) is 7.84. The highest BCUT2D eigenvalue weighted by molar-refractivity contribution is 7.03. The zero-order valence-corrected chi connectivity index (χ0v) is 18.4. The van der Waals surface area contributed by atoms with Crippen LogP contribution < -0.4 is 5.32 Å². The van der Waals surface area contributed by atoms with Gasteiger partial charge >= 0.3 is 0 Å². The molecule has 158 valence electrons. The van der Waals surface area contributed by atoms with E-state index in [1.165, 1.54) is 4.90 Å². The Morgan fingerprint density at radius 2 is 1.97 bits per heavy atom. The normalized spacial score (nSPS) is 12.4. The quantitative estimate of drug-likeness (QED) is 0.585. The van der Waals surface area contributed by atoms with E-state index in [2.05, 4.69) is 14.9 Å². The predicted octanol–water partition coefficient (Wildman–Crippen LogP) is 4.13. The first-order valence-corrected chi connectivity index (χ1v) is 10.6. The highest BCUT2D eigenvalue weighted by Crippen LogP contribution is 2.27. The summed E-state index contributed by atoms with van der Waals surface area (Å²) in [5, 5.41) is 8.59. The Kier molecular flexibility index (Phi) is 6.66. The number of hydrogen-bond acceptors (Lipinski definition) is 6. The van der Waals surface area contributed by atoms with Gasteiger partial charge in [0, 0.05) is 10.9 Å². The molecule has 0 aliphatic carbocycles. The van der Waals surface area contributed by atoms with Gasteiger partial charge in [0.25, 0.3) is 5.91 Å². The number of hydrogen-bond donors (Lipinski definition) is 1. The molecule has 0 spiro atoms. The molecule has 0 aliphatic heterocycles. The summed E-state index contributed by atoms with van der Waals surface area (Å²) >= 11 is 1.09. The van der Waals surface area contributed by atoms with Crippen molar-refractivity contribution in [1.29, 1.82) is 0 Å². The number of carbonyl (C=O) groups excluding carboxylic acids is 2. The van der Waals surface area contributed by atoms with Crippen LogP contribution in [0.15, 0.2) is 52.5 Å². The lowest BCUT2D eigenvalue weighted by Crippen LogP contribution is -2.50. The zero-order valence-electron chi connectivity index (χ0n) is 17.6. The molecule has 0 radical (unpaired) electrons. The van der Waals surface area contributed by atoms with Gasteiger partial charge in [0.15, 0.2) is 5.69 Å². The van der Waals surface area contributed by atoms with Crippen molar-refractivity contribution < 1.29 is 14.0 Å². The lowest BCUT2D eigenvalue weighted by atomic mass is 9.98. The van der Waals surface area contributed by atoms with Crippen LogP contribution in [0.5, 0.6) is 0 Å². The molecule has 2 amide bonds. The zero-order chi connectivity index (χ0) is 21.7. The van der Waals surface area contributed by atoms with E-state index in [1.54, 1.807) is 23.8 Å². The molecule has 1 atom stereocenters. The van der Waals surface area contributed by atoms with E-state index in [0.29, 0.717) is 11.3 Å². The Hall–Kier alpha value is -3.00. The minimum atomic E-state index is -0.851. The average molecular weight is 427 g/mol. The van der Waals surface area contributed by atoms with Gasteiger partial charge in [0.1, 0.15) is 11.8 Å². The van der Waals surface area contributed by atoms with Crippen LogP contribution in [-0.2, 0) is 11.3 Å². The summed E-state index contributed by atoms with van der Waals surface area (Å²) in [6.07, 6.45) is 2.30. The van der Waals surface area contributed by atoms with Gasteiger partial charge in [-0.05, 0) is 56.4 Å². The summed E-state index contributed by atoms with van der Waals surface area (Å²) in [7, 11) is 0. The number of benzene rings is 1. The molecular formula is C22H26N4O3S. The molecule has 30 heavy (non-hydrogen) atoms. The second kappa shape index (κ2) is 9.21. The standard InChI is InChI=1S/C22H26N4O3S/c1-5-22(3,4)23-20(27)19(16-10-8-15(2)9-11-16)26(13-17-7-6-12-29-17)21(28)18-14-30-25-24-18/h6-12,14,19H,5,13H2,1-4H3,(H,23,27)/t19-/m0/s1. The summed E-state index contributed by atoms with van der Waals surface area (Å²) in [5.41, 5.74) is 1.57. The Labute approximate surface area is 180 Å². The van der Waals surface area contributed by atoms with Crippen LogP contribution in [0.4, 0.5) is 0 Å². The molecule has 3 rings (SSSR count). The minimum absolute atomic E-state index is 0.127. The molecule has 3 aromatic rings. The van der Waals surface area contributed by atoms with Crippen molar-refractivity contribution in [3.05, 3.63) is 70.6 Å². The highest BCUT2D eigenvalue weighted by Gasteiger charge is 2.35. The molecule has 7 nitrogen and oxygen atoms in total. The van der Waals surface area contributed by atoms with Crippen molar-refractivity contribution in [1.82, 2.24) is 19.8 Å². The summed E-state index contributed by atoms with van der Waals surface area (Å²) in [6.45, 7) is 8.03. The SMILES string of the molecule is CCC(C)(C)NC(=O)[C@H](c1ccc(C)cc1)N(Cc1ccco1)C(=O)c1csnn1. The third-order valence-electron chi connectivity index (χ3n) is 5.04. The van der Waals surface area contributed by atoms with E-state index in [0.717, 1.165) is 23.5 Å². The van der Waals surface area contributed by atoms with Crippen molar-refractivity contribution in [2.75, 3.05) is 0 Å². The smallest absolute Gasteiger partial charge is 0.276 e. The fourth-order valence-corrected chi connectivity index (χ4v) is 3.40. The molecule has 0 saturated heterocycles. The van der Waals surface area contributed by atoms with E-state index in [1.807, 2.05) is 52.0 Å². The van der Waals surface area contributed by atoms with Crippen molar-refractivity contribution in [2.24, 2.45) is 0 Å². The first kappa shape index (κ1) is 21.7. The molecule has 1 aromatic carbocycles. The van der Waals surface area contributed by atoms with Crippen molar-refractivity contribution in [3.8, 4) is 0 Å². The second-order valence-corrected chi connectivity index (χ2v) is 8.45. The van der Waals surface area contributed by atoms with Crippen molar-refractivity contribution in [3.63, 3.8) is 0 Å². The van der Waals surface area contributed by atoms with Gasteiger partial charge in [-0.1, -0.05) is 41.2 Å². The van der Waals surface area contributed by atoms with E-state index >= 15 is 0 Å². The number of nitrogens with zero attached hydrogens (tertiary/aromatic N) is 3. The van der Waals surface area contributed by atoms with Crippen molar-refractivity contribution in [2.45, 2.75) is 52.2 Å². The molecule has 0 fully saturated rings. The average Bonchev–Trinajstić information content (AvgIpc) is 3.42. The largest absolute Gasteiger partial charge is 0.467 e. The number of furan rings is 1. The third kappa shape index (κ3) is 5.13. The summed E-state index contributed by atoms with van der Waals surface area (Å²) in [4.78, 5) is 28.3. The van der Waals surface area contributed by atoms with Crippen LogP contribution in [0.2, 0.25) is 0 Å². The van der Waals surface area contributed by atoms with Crippen LogP contribution in [0.3, 0.4) is 0 Å². The molecular weight excluding hydrogens is 400 g/mol. The maximum atomic E-state index is 13.5. The van der Waals surface area contributed by atoms with Crippen LogP contribution in [-0.4, -0.2) is 31.8 Å². The molecule has 1 N–H and O–H groups in total. The Balaban J connectivity index is 2.05. The van der Waals surface area contributed by atoms with Crippen molar-refractivity contribution >= 4 is 23.3 Å². The summed E-state index contributed by atoms with van der Waals surface area (Å²) in [5.74, 6) is -0.0600. The number of aryl methyl sites for hydroxylation is 1. The Bertz CT molecular complexity index is 967. The molecule has 2 heterocycles. The molecule has 8 heteroatoms. The predicted molar refractivity (Wildman–Crippen MR) is 115 cm³/mol. The number of carbonyl (C=O) groups is 2. The van der Waals surface area contributed by atoms with Gasteiger partial charge in [-0.2, -0.15) is 0 Å². The van der Waals surface area contributed by atoms with Crippen LogP contribution in [0, 0.1) is 6.92 Å². The first-order valence-electron chi connectivity index (χ1n) is 9.79. The molecule has 0 bridgehead atoms. The molecule has 0 aliphatic rings. The summed E-state index contributed by atoms with van der Waals surface area (Å²) < 4.78 is 9.28. The fraction of sp³-hybridized carbons (Fsp3) is 0.364. The van der Waals surface area contributed by atoms with E-state index in [4.69, 9.17) is 4.42 Å². The van der Waals surface area contributed by atoms with Gasteiger partial charge in [-0.15, -0.1) is 5.10 Å². The van der Waals surface area contributed by atoms with Crippen LogP contribution in [0.1, 0.15) is 60.6 Å². The first-order chi connectivity index (χ1) is 14.3. The fourth-order valence-electron chi connectivity index (χ4n) is 2.97. The van der Waals surface area contributed by atoms with Gasteiger partial charge in [-0.3, -0.25) is 9.59 Å². The van der Waals surface area contributed by atoms with Gasteiger partial charge in [-0.25, -0.2) is 0 Å². The highest BCUT2D eigenvalue weighted by atomic mass is 32.1. The lowest BCUT2D eigenvalue weighted by molar-refractivity contribution is -0.127. The van der Waals surface area contributed by atoms with E-state index in [-0.39, 0.29) is 24.1 Å². The lowest BCUT2D eigenvalue weighted by Gasteiger charge is -2.33. The summed E-state index contributed by atoms with van der Waals surface area (Å²) in [6, 6.07) is 10.3. The third-order valence-corrected chi connectivity index (χ3v) is 5.55. The molecule has 0 saturated carbocycles. The topological polar surface area (TPSA) is 88.3 Å². The maximum absolute atomic E-state index is 13.5. The number of amides is 2. The number of aromatic nitrogens is 2. The Morgan fingerprint density at radius 3 is 2.53 bits per heavy atom. The Morgan fingerprint density at radius 1 is 1.23 bits per heavy atom. The van der Waals surface area contributed by atoms with Gasteiger partial charge in [0.05, 0.1) is 12.8 Å². The number of nitrogens with one attached hydrogen (secondary N) is 1. The maximum Gasteiger partial charge on any atom is 0.276 e.